The number of aromatic nitrogens is 3. The van der Waals surface area contributed by atoms with E-state index in [1.165, 1.54) is 31.3 Å². The van der Waals surface area contributed by atoms with E-state index in [2.05, 4.69) is 31.7 Å². The van der Waals surface area contributed by atoms with Crippen LogP contribution in [0.3, 0.4) is 0 Å². The van der Waals surface area contributed by atoms with Crippen molar-refractivity contribution < 1.29 is 0 Å². The Morgan fingerprint density at radius 3 is 2.68 bits per heavy atom. The molecule has 0 saturated heterocycles. The third-order valence-electron chi connectivity index (χ3n) is 3.68. The zero-order valence-electron chi connectivity index (χ0n) is 11.4. The second-order valence-electron chi connectivity index (χ2n) is 5.36. The standard InChI is InChI=1S/C14H21N5/c1-15-13-17-12(11-5-3-2-4-6-11)18-14(19-13)16-9-10-7-8-10/h5,10H,2-4,6-9H2,1H3,(H2,15,16,17,18,19). The van der Waals surface area contributed by atoms with Crippen molar-refractivity contribution in [3.8, 4) is 0 Å². The quantitative estimate of drug-likeness (QED) is 0.851. The van der Waals surface area contributed by atoms with Crippen LogP contribution in [-0.4, -0.2) is 28.5 Å². The Labute approximate surface area is 114 Å². The van der Waals surface area contributed by atoms with Gasteiger partial charge in [0, 0.05) is 13.6 Å². The van der Waals surface area contributed by atoms with Gasteiger partial charge in [-0.05, 0) is 50.0 Å². The van der Waals surface area contributed by atoms with E-state index in [0.29, 0.717) is 11.9 Å². The minimum Gasteiger partial charge on any atom is -0.357 e. The molecule has 3 rings (SSSR count). The molecule has 5 nitrogen and oxygen atoms in total. The zero-order valence-corrected chi connectivity index (χ0v) is 11.4. The fraction of sp³-hybridized carbons (Fsp3) is 0.643. The lowest BCUT2D eigenvalue weighted by molar-refractivity contribution is 0.736. The van der Waals surface area contributed by atoms with Crippen LogP contribution in [0, 0.1) is 5.92 Å². The van der Waals surface area contributed by atoms with Gasteiger partial charge in [-0.15, -0.1) is 0 Å². The van der Waals surface area contributed by atoms with E-state index in [1.807, 2.05) is 7.05 Å². The summed E-state index contributed by atoms with van der Waals surface area (Å²) in [5.74, 6) is 2.99. The van der Waals surface area contributed by atoms with Crippen LogP contribution in [-0.2, 0) is 0 Å². The number of rotatable bonds is 5. The smallest absolute Gasteiger partial charge is 0.228 e. The highest BCUT2D eigenvalue weighted by molar-refractivity contribution is 5.62. The molecule has 5 heteroatoms. The van der Waals surface area contributed by atoms with Gasteiger partial charge in [0.05, 0.1) is 0 Å². The summed E-state index contributed by atoms with van der Waals surface area (Å²) in [6, 6.07) is 0. The summed E-state index contributed by atoms with van der Waals surface area (Å²) in [6.07, 6.45) is 9.65. The highest BCUT2D eigenvalue weighted by Crippen LogP contribution is 2.29. The van der Waals surface area contributed by atoms with E-state index in [9.17, 15) is 0 Å². The third kappa shape index (κ3) is 3.22. The second kappa shape index (κ2) is 5.55. The van der Waals surface area contributed by atoms with Gasteiger partial charge in [-0.1, -0.05) is 6.08 Å². The lowest BCUT2D eigenvalue weighted by Gasteiger charge is -2.13. The molecule has 0 aliphatic heterocycles. The van der Waals surface area contributed by atoms with Gasteiger partial charge in [0.15, 0.2) is 5.82 Å². The molecule has 1 saturated carbocycles. The summed E-state index contributed by atoms with van der Waals surface area (Å²) in [7, 11) is 1.85. The summed E-state index contributed by atoms with van der Waals surface area (Å²) >= 11 is 0. The van der Waals surface area contributed by atoms with Gasteiger partial charge in [-0.3, -0.25) is 0 Å². The maximum Gasteiger partial charge on any atom is 0.228 e. The number of allylic oxidation sites excluding steroid dienone is 2. The Kier molecular flexibility index (Phi) is 3.62. The molecule has 19 heavy (non-hydrogen) atoms. The minimum atomic E-state index is 0.648. The molecule has 1 fully saturated rings. The minimum absolute atomic E-state index is 0.648. The maximum absolute atomic E-state index is 4.56. The Morgan fingerprint density at radius 1 is 1.16 bits per heavy atom. The van der Waals surface area contributed by atoms with Crippen molar-refractivity contribution in [1.82, 2.24) is 15.0 Å². The second-order valence-corrected chi connectivity index (χ2v) is 5.36. The summed E-state index contributed by atoms with van der Waals surface area (Å²) in [5, 5.41) is 6.35. The highest BCUT2D eigenvalue weighted by atomic mass is 15.2. The lowest BCUT2D eigenvalue weighted by atomic mass is 9.99. The van der Waals surface area contributed by atoms with Crippen LogP contribution in [0.2, 0.25) is 0 Å². The monoisotopic (exact) mass is 259 g/mol. The molecule has 1 aromatic rings. The van der Waals surface area contributed by atoms with Crippen LogP contribution in [0.25, 0.3) is 5.57 Å². The number of nitrogens with one attached hydrogen (secondary N) is 2. The summed E-state index contributed by atoms with van der Waals surface area (Å²) in [4.78, 5) is 13.4. The zero-order chi connectivity index (χ0) is 13.1. The number of hydrogen-bond donors (Lipinski definition) is 2. The van der Waals surface area contributed by atoms with E-state index >= 15 is 0 Å². The van der Waals surface area contributed by atoms with E-state index in [4.69, 9.17) is 0 Å². The molecular formula is C14H21N5. The van der Waals surface area contributed by atoms with Gasteiger partial charge in [0.1, 0.15) is 0 Å². The van der Waals surface area contributed by atoms with E-state index in [1.54, 1.807) is 0 Å². The van der Waals surface area contributed by atoms with E-state index < -0.39 is 0 Å². The molecule has 2 N–H and O–H groups in total. The molecule has 0 aromatic carbocycles. The first-order valence-electron chi connectivity index (χ1n) is 7.22. The van der Waals surface area contributed by atoms with Crippen molar-refractivity contribution >= 4 is 17.5 Å². The van der Waals surface area contributed by atoms with Crippen molar-refractivity contribution in [2.24, 2.45) is 5.92 Å². The maximum atomic E-state index is 4.56. The van der Waals surface area contributed by atoms with Crippen LogP contribution >= 0.6 is 0 Å². The van der Waals surface area contributed by atoms with Crippen LogP contribution in [0.1, 0.15) is 44.3 Å². The first kappa shape index (κ1) is 12.4. The van der Waals surface area contributed by atoms with Crippen molar-refractivity contribution in [2.75, 3.05) is 24.2 Å². The fourth-order valence-electron chi connectivity index (χ4n) is 2.31. The average molecular weight is 259 g/mol. The lowest BCUT2D eigenvalue weighted by Crippen LogP contribution is -2.12. The van der Waals surface area contributed by atoms with Gasteiger partial charge in [-0.25, -0.2) is 0 Å². The molecule has 0 amide bonds. The molecule has 1 heterocycles. The third-order valence-corrected chi connectivity index (χ3v) is 3.68. The Bertz CT molecular complexity index is 479. The molecule has 0 unspecified atom stereocenters. The van der Waals surface area contributed by atoms with E-state index in [-0.39, 0.29) is 0 Å². The predicted octanol–water partition coefficient (Wildman–Crippen LogP) is 2.69. The summed E-state index contributed by atoms with van der Waals surface area (Å²) in [5.41, 5.74) is 1.26. The molecule has 1 aromatic heterocycles. The molecule has 0 radical (unpaired) electrons. The summed E-state index contributed by atoms with van der Waals surface area (Å²) < 4.78 is 0. The molecule has 102 valence electrons. The largest absolute Gasteiger partial charge is 0.357 e. The molecule has 2 aliphatic carbocycles. The molecule has 0 spiro atoms. The highest BCUT2D eigenvalue weighted by Gasteiger charge is 2.21. The molecular weight excluding hydrogens is 238 g/mol. The average Bonchev–Trinajstić information content (AvgIpc) is 3.30. The van der Waals surface area contributed by atoms with E-state index in [0.717, 1.165) is 31.1 Å². The topological polar surface area (TPSA) is 62.7 Å². The molecule has 0 atom stereocenters. The van der Waals surface area contributed by atoms with Gasteiger partial charge in [0.25, 0.3) is 0 Å². The van der Waals surface area contributed by atoms with Crippen LogP contribution in [0.15, 0.2) is 6.08 Å². The van der Waals surface area contributed by atoms with Crippen molar-refractivity contribution in [2.45, 2.75) is 38.5 Å². The predicted molar refractivity (Wildman–Crippen MR) is 77.0 cm³/mol. The SMILES string of the molecule is CNc1nc(NCC2CC2)nc(C2=CCCCC2)n1. The summed E-state index contributed by atoms with van der Waals surface area (Å²) in [6.45, 7) is 0.978. The Hall–Kier alpha value is -1.65. The number of nitrogens with zero attached hydrogens (tertiary/aromatic N) is 3. The first-order valence-corrected chi connectivity index (χ1v) is 7.22. The Morgan fingerprint density at radius 2 is 2.00 bits per heavy atom. The van der Waals surface area contributed by atoms with Gasteiger partial charge < -0.3 is 10.6 Å². The van der Waals surface area contributed by atoms with Crippen LogP contribution < -0.4 is 10.6 Å². The van der Waals surface area contributed by atoms with Crippen LogP contribution in [0.5, 0.6) is 0 Å². The van der Waals surface area contributed by atoms with Gasteiger partial charge >= 0.3 is 0 Å². The molecule has 2 aliphatic rings. The fourth-order valence-corrected chi connectivity index (χ4v) is 2.31. The first-order chi connectivity index (χ1) is 9.35. The number of anilines is 2. The van der Waals surface area contributed by atoms with Gasteiger partial charge in [-0.2, -0.15) is 15.0 Å². The van der Waals surface area contributed by atoms with Crippen molar-refractivity contribution in [3.63, 3.8) is 0 Å². The van der Waals surface area contributed by atoms with Gasteiger partial charge in [0.2, 0.25) is 11.9 Å². The van der Waals surface area contributed by atoms with Crippen LogP contribution in [0.4, 0.5) is 11.9 Å². The van der Waals surface area contributed by atoms with Crippen molar-refractivity contribution in [1.29, 1.82) is 0 Å². The Balaban J connectivity index is 1.80. The number of hydrogen-bond acceptors (Lipinski definition) is 5. The normalized spacial score (nSPS) is 18.9. The van der Waals surface area contributed by atoms with Crippen molar-refractivity contribution in [3.05, 3.63) is 11.9 Å². The molecule has 0 bridgehead atoms.